The van der Waals surface area contributed by atoms with E-state index >= 15 is 0 Å². The molecular formula is HBF2I2. The summed E-state index contributed by atoms with van der Waals surface area (Å²) in [6.45, 7) is 0. The Morgan fingerprint density at radius 3 is 2.40 bits per heavy atom. The first-order valence-electron chi connectivity index (χ1n) is 1.18. The zero-order valence-electron chi connectivity index (χ0n) is 3.09. The maximum absolute atomic E-state index is 11.3. The molecule has 0 radical (unpaired) electrons. The fourth-order valence-corrected chi connectivity index (χ4v) is 0. The summed E-state index contributed by atoms with van der Waals surface area (Å²) in [5.41, 5.74) is 0. The Bertz CT molecular complexity index is 32.5. The molecule has 0 nitrogen and oxygen atoms in total. The quantitative estimate of drug-likeness (QED) is 0.513. The van der Waals surface area contributed by atoms with Crippen LogP contribution in [0.3, 0.4) is 0 Å². The molecule has 5 heavy (non-hydrogen) atoms. The molecule has 0 aliphatic rings. The molecule has 0 N–H and O–H groups in total. The van der Waals surface area contributed by atoms with Crippen molar-refractivity contribution < 1.29 is 7.18 Å². The molecule has 0 atom stereocenters. The molecule has 0 spiro atoms. The number of hydrogen-bond donors (Lipinski definition) is 0. The second-order valence-corrected chi connectivity index (χ2v) is 5.37. The normalized spacial score (nSPS) is 13.4. The van der Waals surface area contributed by atoms with Gasteiger partial charge in [0.25, 0.3) is 0 Å². The molecule has 0 aromatic heterocycles. The van der Waals surface area contributed by atoms with Gasteiger partial charge in [0.05, 0.1) is 0 Å². The van der Waals surface area contributed by atoms with Gasteiger partial charge in [0, 0.05) is 0 Å². The van der Waals surface area contributed by atoms with Crippen LogP contribution in [0, 0.1) is 0 Å². The molecule has 0 rings (SSSR count). The van der Waals surface area contributed by atoms with E-state index in [4.69, 9.17) is 0.594 Å². The number of rotatable bonds is 1. The summed E-state index contributed by atoms with van der Waals surface area (Å²) in [6.07, 6.45) is 0. The second-order valence-electron chi connectivity index (χ2n) is 0.330. The predicted molar refractivity (Wildman–Crippen MR) is 37.4 cm³/mol. The Balaban J connectivity index is 2.99. The van der Waals surface area contributed by atoms with Gasteiger partial charge in [0.15, 0.2) is 0 Å². The van der Waals surface area contributed by atoms with Crippen molar-refractivity contribution in [2.24, 2.45) is 0 Å². The standard InChI is InChI=1S/BF2HI2/c2-1(4)5-3/h5H/i5T. The fourth-order valence-electron chi connectivity index (χ4n) is 0. The molecular weight excluding hydrogens is 303 g/mol. The van der Waals surface area contributed by atoms with Crippen LogP contribution < -0.4 is 0 Å². The summed E-state index contributed by atoms with van der Waals surface area (Å²) >= 11 is -2.04. The zero-order chi connectivity index (χ0) is 5.15. The van der Waals surface area contributed by atoms with Gasteiger partial charge in [-0.15, -0.1) is 0 Å². The predicted octanol–water partition coefficient (Wildman–Crippen LogP) is 1.96. The Morgan fingerprint density at radius 2 is 2.40 bits per heavy atom. The van der Waals surface area contributed by atoms with E-state index in [0.717, 1.165) is 0 Å². The topological polar surface area (TPSA) is 0 Å². The molecule has 0 aliphatic heterocycles. The third-order valence-corrected chi connectivity index (χ3v) is 1.61. The monoisotopic (exact) mass is 306 g/mol. The van der Waals surface area contributed by atoms with Crippen molar-refractivity contribution in [2.45, 2.75) is 0 Å². The molecule has 0 heterocycles. The summed E-state index contributed by atoms with van der Waals surface area (Å²) in [6, 6.07) is 0. The van der Waals surface area contributed by atoms with E-state index in [2.05, 4.69) is 0 Å². The van der Waals surface area contributed by atoms with Gasteiger partial charge in [-0.25, -0.2) is 0 Å². The van der Waals surface area contributed by atoms with Gasteiger partial charge in [-0.05, 0) is 0 Å². The number of halogens is 4. The van der Waals surface area contributed by atoms with E-state index in [1.807, 2.05) is 0 Å². The van der Waals surface area contributed by atoms with Gasteiger partial charge < -0.3 is 0 Å². The van der Waals surface area contributed by atoms with Crippen molar-refractivity contribution in [2.75, 3.05) is 0 Å². The molecule has 0 saturated carbocycles. The molecule has 0 aliphatic carbocycles. The Labute approximate surface area is 53.9 Å². The summed E-state index contributed by atoms with van der Waals surface area (Å²) in [5.74, 6) is 0. The van der Waals surface area contributed by atoms with Crippen LogP contribution in [-0.2, 0) is 0 Å². The molecule has 0 unspecified atom stereocenters. The molecule has 0 aromatic carbocycles. The molecule has 5 heteroatoms. The third-order valence-electron chi connectivity index (χ3n) is 0.0623. The Kier molecular flexibility index (Phi) is 3.24. The first-order chi connectivity index (χ1) is 2.64. The van der Waals surface area contributed by atoms with Gasteiger partial charge in [0.1, 0.15) is 0 Å². The van der Waals surface area contributed by atoms with Crippen LogP contribution in [0.1, 0.15) is 0 Å². The van der Waals surface area contributed by atoms with Crippen LogP contribution in [0.5, 0.6) is 0 Å². The average molecular weight is 306 g/mol. The van der Waals surface area contributed by atoms with E-state index in [1.165, 1.54) is 22.4 Å². The van der Waals surface area contributed by atoms with E-state index in [0.29, 0.717) is 0 Å². The van der Waals surface area contributed by atoms with Crippen LogP contribution in [0.2, 0.25) is 0 Å². The molecule has 0 amide bonds. The molecule has 0 bridgehead atoms. The summed E-state index contributed by atoms with van der Waals surface area (Å²) in [5, 5.41) is 0. The van der Waals surface area contributed by atoms with Crippen molar-refractivity contribution in [3.8, 4) is 0 Å². The fraction of sp³-hybridized carbons (Fsp3) is 0. The van der Waals surface area contributed by atoms with E-state index in [-0.39, 0.29) is 0 Å². The number of hydrogen-bond acceptors (Lipinski definition) is 0. The zero-order valence-corrected chi connectivity index (χ0v) is 6.40. The van der Waals surface area contributed by atoms with Crippen molar-refractivity contribution in [3.05, 3.63) is 0 Å². The van der Waals surface area contributed by atoms with Gasteiger partial charge in [-0.2, -0.15) is 0 Å². The van der Waals surface area contributed by atoms with Crippen LogP contribution >= 0.6 is 43.7 Å². The first kappa shape index (κ1) is 4.54. The second kappa shape index (κ2) is 3.57. The minimum atomic E-state index is -3.31. The molecule has 32 valence electrons. The van der Waals surface area contributed by atoms with E-state index in [9.17, 15) is 7.18 Å². The summed E-state index contributed by atoms with van der Waals surface area (Å²) in [7, 11) is 0. The average Bonchev–Trinajstić information content (AvgIpc) is 1.36. The van der Waals surface area contributed by atoms with Crippen molar-refractivity contribution in [3.63, 3.8) is 0 Å². The summed E-state index contributed by atoms with van der Waals surface area (Å²) < 4.78 is 27.2. The van der Waals surface area contributed by atoms with Crippen molar-refractivity contribution in [1.82, 2.24) is 0 Å². The van der Waals surface area contributed by atoms with Gasteiger partial charge in [0.2, 0.25) is 0 Å². The van der Waals surface area contributed by atoms with Gasteiger partial charge in [-0.1, -0.05) is 0 Å². The maximum atomic E-state index is 11.3. The van der Waals surface area contributed by atoms with Crippen molar-refractivity contribution >= 4 is 46.4 Å². The van der Waals surface area contributed by atoms with Crippen molar-refractivity contribution in [1.29, 1.82) is 0.594 Å². The molecule has 0 saturated heterocycles. The first-order valence-corrected chi connectivity index (χ1v) is 4.10. The molecule has 0 aromatic rings. The third kappa shape index (κ3) is 5.38. The van der Waals surface area contributed by atoms with Crippen LogP contribution in [0.4, 0.5) is 7.18 Å². The van der Waals surface area contributed by atoms with E-state index < -0.39 is 24.1 Å². The Morgan fingerprint density at radius 1 is 2.20 bits per heavy atom. The van der Waals surface area contributed by atoms with Crippen LogP contribution in [-0.4, -0.2) is 3.30 Å². The minimum absolute atomic E-state index is 1.27. The van der Waals surface area contributed by atoms with Gasteiger partial charge in [-0.3, -0.25) is 0 Å². The van der Waals surface area contributed by atoms with E-state index in [1.54, 1.807) is 0 Å². The van der Waals surface area contributed by atoms with Crippen LogP contribution in [0.15, 0.2) is 0 Å². The Hall–Kier alpha value is 1.38. The van der Waals surface area contributed by atoms with Crippen LogP contribution in [0.25, 0.3) is 0 Å². The SMILES string of the molecule is [3H]I(F)B(F)I. The molecule has 0 fully saturated rings. The summed E-state index contributed by atoms with van der Waals surface area (Å²) in [4.78, 5) is 0. The van der Waals surface area contributed by atoms with Gasteiger partial charge >= 0.3 is 54.2 Å².